The lowest BCUT2D eigenvalue weighted by molar-refractivity contribution is -0.148. The molecule has 1 atom stereocenters. The van der Waals surface area contributed by atoms with Crippen LogP contribution in [0.2, 0.25) is 0 Å². The minimum atomic E-state index is -1.08. The van der Waals surface area contributed by atoms with Crippen LogP contribution in [-0.2, 0) is 16.0 Å². The number of amides is 1. The molecule has 0 bridgehead atoms. The molecule has 6 nitrogen and oxygen atoms in total. The Morgan fingerprint density at radius 2 is 2.00 bits per heavy atom. The predicted molar refractivity (Wildman–Crippen MR) is 75.5 cm³/mol. The number of nitrogens with zero attached hydrogens (tertiary/aromatic N) is 2. The number of likely N-dealkylation sites (N-methyl/N-ethyl adjacent to an activating group) is 1. The Labute approximate surface area is 126 Å². The summed E-state index contributed by atoms with van der Waals surface area (Å²) in [6.45, 7) is 1.42. The van der Waals surface area contributed by atoms with Gasteiger partial charge in [0.25, 0.3) is 0 Å². The van der Waals surface area contributed by atoms with Crippen molar-refractivity contribution in [2.45, 2.75) is 19.4 Å². The van der Waals surface area contributed by atoms with Crippen LogP contribution in [0, 0.1) is 5.82 Å². The summed E-state index contributed by atoms with van der Waals surface area (Å²) in [5, 5.41) is 8.88. The molecule has 1 unspecified atom stereocenters. The topological polar surface area (TPSA) is 83.6 Å². The molecule has 7 heteroatoms. The summed E-state index contributed by atoms with van der Waals surface area (Å²) >= 11 is 0. The largest absolute Gasteiger partial charge is 0.480 e. The maximum absolute atomic E-state index is 12.9. The maximum atomic E-state index is 12.9. The van der Waals surface area contributed by atoms with Crippen molar-refractivity contribution in [3.8, 4) is 11.5 Å². The molecule has 1 amide bonds. The van der Waals surface area contributed by atoms with Crippen molar-refractivity contribution >= 4 is 11.9 Å². The molecule has 1 aromatic carbocycles. The van der Waals surface area contributed by atoms with E-state index >= 15 is 0 Å². The zero-order chi connectivity index (χ0) is 16.3. The molecular formula is C15H15FN2O4. The molecule has 0 fully saturated rings. The highest BCUT2D eigenvalue weighted by Gasteiger charge is 2.22. The maximum Gasteiger partial charge on any atom is 0.326 e. The molecular weight excluding hydrogens is 291 g/mol. The summed E-state index contributed by atoms with van der Waals surface area (Å²) in [7, 11) is 1.42. The van der Waals surface area contributed by atoms with Gasteiger partial charge >= 0.3 is 5.97 Å². The highest BCUT2D eigenvalue weighted by atomic mass is 19.1. The lowest BCUT2D eigenvalue weighted by Gasteiger charge is -2.20. The van der Waals surface area contributed by atoms with Gasteiger partial charge in [-0.05, 0) is 31.2 Å². The molecule has 22 heavy (non-hydrogen) atoms. The van der Waals surface area contributed by atoms with E-state index in [-0.39, 0.29) is 24.0 Å². The van der Waals surface area contributed by atoms with Crippen LogP contribution in [0.3, 0.4) is 0 Å². The Hall–Kier alpha value is -2.70. The zero-order valence-electron chi connectivity index (χ0n) is 12.1. The normalized spacial score (nSPS) is 12.0. The minimum Gasteiger partial charge on any atom is -0.480 e. The van der Waals surface area contributed by atoms with Gasteiger partial charge in [0.05, 0.1) is 12.1 Å². The van der Waals surface area contributed by atoms with Gasteiger partial charge in [0.1, 0.15) is 18.1 Å². The molecule has 1 aromatic heterocycles. The highest BCUT2D eigenvalue weighted by Crippen LogP contribution is 2.19. The predicted octanol–water partition coefficient (Wildman–Crippen LogP) is 1.95. The van der Waals surface area contributed by atoms with Gasteiger partial charge in [-0.2, -0.15) is 0 Å². The summed E-state index contributed by atoms with van der Waals surface area (Å²) in [5.74, 6) is -1.55. The number of carbonyl (C=O) groups excluding carboxylic acids is 1. The van der Waals surface area contributed by atoms with Gasteiger partial charge in [-0.25, -0.2) is 14.2 Å². The second kappa shape index (κ2) is 6.38. The number of carbonyl (C=O) groups is 2. The monoisotopic (exact) mass is 306 g/mol. The van der Waals surface area contributed by atoms with Gasteiger partial charge in [0.2, 0.25) is 11.8 Å². The molecule has 0 saturated heterocycles. The molecule has 0 aliphatic rings. The van der Waals surface area contributed by atoms with E-state index in [1.807, 2.05) is 0 Å². The molecule has 2 aromatic rings. The quantitative estimate of drug-likeness (QED) is 0.913. The standard InChI is InChI=1S/C15H15FN2O4/c1-9(15(20)21)18(2)13(19)7-12-8-22-14(17-12)10-3-5-11(16)6-4-10/h3-6,8-9H,7H2,1-2H3,(H,20,21). The van der Waals surface area contributed by atoms with Gasteiger partial charge in [0, 0.05) is 12.6 Å². The molecule has 2 rings (SSSR count). The first-order valence-corrected chi connectivity index (χ1v) is 6.57. The van der Waals surface area contributed by atoms with E-state index in [4.69, 9.17) is 9.52 Å². The third kappa shape index (κ3) is 3.49. The van der Waals surface area contributed by atoms with Crippen molar-refractivity contribution in [3.05, 3.63) is 42.0 Å². The fourth-order valence-corrected chi connectivity index (χ4v) is 1.77. The Morgan fingerprint density at radius 3 is 2.59 bits per heavy atom. The Balaban J connectivity index is 2.07. The van der Waals surface area contributed by atoms with Gasteiger partial charge in [-0.3, -0.25) is 4.79 Å². The third-order valence-corrected chi connectivity index (χ3v) is 3.31. The first-order chi connectivity index (χ1) is 10.4. The van der Waals surface area contributed by atoms with Crippen molar-refractivity contribution in [2.75, 3.05) is 7.05 Å². The average Bonchev–Trinajstić information content (AvgIpc) is 2.94. The zero-order valence-corrected chi connectivity index (χ0v) is 12.1. The van der Waals surface area contributed by atoms with Gasteiger partial charge in [-0.1, -0.05) is 0 Å². The Bertz CT molecular complexity index is 681. The van der Waals surface area contributed by atoms with Crippen LogP contribution < -0.4 is 0 Å². The molecule has 0 spiro atoms. The van der Waals surface area contributed by atoms with E-state index in [2.05, 4.69) is 4.98 Å². The van der Waals surface area contributed by atoms with E-state index in [1.165, 1.54) is 44.5 Å². The van der Waals surface area contributed by atoms with Crippen molar-refractivity contribution in [1.29, 1.82) is 0 Å². The van der Waals surface area contributed by atoms with Gasteiger partial charge in [-0.15, -0.1) is 0 Å². The minimum absolute atomic E-state index is 0.0706. The second-order valence-corrected chi connectivity index (χ2v) is 4.85. The van der Waals surface area contributed by atoms with Crippen molar-refractivity contribution in [1.82, 2.24) is 9.88 Å². The van der Waals surface area contributed by atoms with Crippen molar-refractivity contribution in [3.63, 3.8) is 0 Å². The summed E-state index contributed by atoms with van der Waals surface area (Å²) in [6.07, 6.45) is 1.26. The number of carboxylic acids is 1. The number of aliphatic carboxylic acids is 1. The summed E-state index contributed by atoms with van der Waals surface area (Å²) in [4.78, 5) is 28.1. The molecule has 1 heterocycles. The van der Waals surface area contributed by atoms with E-state index in [0.29, 0.717) is 11.3 Å². The highest BCUT2D eigenvalue weighted by molar-refractivity contribution is 5.84. The van der Waals surface area contributed by atoms with Gasteiger partial charge < -0.3 is 14.4 Å². The smallest absolute Gasteiger partial charge is 0.326 e. The van der Waals surface area contributed by atoms with Crippen molar-refractivity contribution < 1.29 is 23.5 Å². The molecule has 0 saturated carbocycles. The average molecular weight is 306 g/mol. The van der Waals surface area contributed by atoms with Crippen LogP contribution in [0.4, 0.5) is 4.39 Å². The van der Waals surface area contributed by atoms with Crippen LogP contribution in [0.1, 0.15) is 12.6 Å². The first kappa shape index (κ1) is 15.7. The SMILES string of the molecule is CC(C(=O)O)N(C)C(=O)Cc1coc(-c2ccc(F)cc2)n1. The number of benzene rings is 1. The fraction of sp³-hybridized carbons (Fsp3) is 0.267. The molecule has 0 aliphatic carbocycles. The van der Waals surface area contributed by atoms with Crippen LogP contribution >= 0.6 is 0 Å². The number of rotatable bonds is 5. The lowest BCUT2D eigenvalue weighted by atomic mass is 10.2. The Kier molecular flexibility index (Phi) is 4.55. The molecule has 0 aliphatic heterocycles. The molecule has 1 N–H and O–H groups in total. The fourth-order valence-electron chi connectivity index (χ4n) is 1.77. The van der Waals surface area contributed by atoms with Crippen molar-refractivity contribution in [2.24, 2.45) is 0 Å². The number of carboxylic acid groups (broad SMARTS) is 1. The molecule has 0 radical (unpaired) electrons. The summed E-state index contributed by atoms with van der Waals surface area (Å²) < 4.78 is 18.1. The third-order valence-electron chi connectivity index (χ3n) is 3.31. The van der Waals surface area contributed by atoms with Crippen LogP contribution in [0.5, 0.6) is 0 Å². The number of oxazole rings is 1. The van der Waals surface area contributed by atoms with E-state index in [1.54, 1.807) is 0 Å². The van der Waals surface area contributed by atoms with E-state index < -0.39 is 12.0 Å². The van der Waals surface area contributed by atoms with Crippen LogP contribution in [0.25, 0.3) is 11.5 Å². The second-order valence-electron chi connectivity index (χ2n) is 4.85. The van der Waals surface area contributed by atoms with Crippen LogP contribution in [0.15, 0.2) is 34.9 Å². The van der Waals surface area contributed by atoms with E-state index in [9.17, 15) is 14.0 Å². The van der Waals surface area contributed by atoms with Crippen LogP contribution in [-0.4, -0.2) is 40.0 Å². The summed E-state index contributed by atoms with van der Waals surface area (Å²) in [5.41, 5.74) is 0.973. The lowest BCUT2D eigenvalue weighted by Crippen LogP contribution is -2.41. The number of hydrogen-bond acceptors (Lipinski definition) is 4. The van der Waals surface area contributed by atoms with Gasteiger partial charge in [0.15, 0.2) is 0 Å². The summed E-state index contributed by atoms with van der Waals surface area (Å²) in [6, 6.07) is 4.69. The molecule has 116 valence electrons. The number of halogens is 1. The first-order valence-electron chi connectivity index (χ1n) is 6.57. The Morgan fingerprint density at radius 1 is 1.36 bits per heavy atom. The van der Waals surface area contributed by atoms with E-state index in [0.717, 1.165) is 4.90 Å². The number of hydrogen-bond donors (Lipinski definition) is 1. The number of aromatic nitrogens is 1.